The Morgan fingerprint density at radius 2 is 1.65 bits per heavy atom. The molecule has 23 heavy (non-hydrogen) atoms. The van der Waals surface area contributed by atoms with Gasteiger partial charge in [0.25, 0.3) is 0 Å². The minimum absolute atomic E-state index is 0.0640. The van der Waals surface area contributed by atoms with Crippen molar-refractivity contribution in [1.29, 1.82) is 0 Å². The van der Waals surface area contributed by atoms with Crippen molar-refractivity contribution in [2.24, 2.45) is 0 Å². The van der Waals surface area contributed by atoms with Crippen molar-refractivity contribution >= 4 is 15.9 Å². The van der Waals surface area contributed by atoms with Gasteiger partial charge in [0, 0.05) is 26.2 Å². The Hall–Kier alpha value is -1.66. The van der Waals surface area contributed by atoms with E-state index in [9.17, 15) is 13.2 Å². The molecule has 0 aromatic heterocycles. The first-order valence-corrected chi connectivity index (χ1v) is 9.32. The number of benzene rings is 1. The topological polar surface area (TPSA) is 57.7 Å². The number of carbonyl (C=O) groups excluding carboxylic acids is 1. The van der Waals surface area contributed by atoms with Gasteiger partial charge < -0.3 is 4.90 Å². The minimum Gasteiger partial charge on any atom is -0.337 e. The third-order valence-corrected chi connectivity index (χ3v) is 5.96. The Morgan fingerprint density at radius 3 is 2.13 bits per heavy atom. The number of amides is 1. The summed E-state index contributed by atoms with van der Waals surface area (Å²) in [5.74, 6) is 0.304. The van der Waals surface area contributed by atoms with E-state index in [1.54, 1.807) is 30.0 Å². The molecule has 0 radical (unpaired) electrons. The van der Waals surface area contributed by atoms with Gasteiger partial charge in [-0.15, -0.1) is 0 Å². The number of sulfonamides is 1. The van der Waals surface area contributed by atoms with Crippen LogP contribution in [-0.2, 0) is 14.8 Å². The molecule has 2 rings (SSSR count). The number of nitrogens with zero attached hydrogens (tertiary/aromatic N) is 2. The molecule has 0 bridgehead atoms. The highest BCUT2D eigenvalue weighted by Gasteiger charge is 2.29. The second-order valence-corrected chi connectivity index (χ2v) is 7.89. The van der Waals surface area contributed by atoms with Gasteiger partial charge in [-0.2, -0.15) is 4.31 Å². The van der Waals surface area contributed by atoms with Gasteiger partial charge in [-0.25, -0.2) is 8.42 Å². The average molecular weight is 336 g/mol. The molecule has 1 amide bonds. The van der Waals surface area contributed by atoms with E-state index in [0.29, 0.717) is 37.0 Å². The molecule has 1 heterocycles. The van der Waals surface area contributed by atoms with Crippen LogP contribution in [0.3, 0.4) is 0 Å². The van der Waals surface area contributed by atoms with Crippen LogP contribution >= 0.6 is 0 Å². The molecule has 126 valence electrons. The first-order chi connectivity index (χ1) is 10.9. The van der Waals surface area contributed by atoms with E-state index in [0.717, 1.165) is 5.56 Å². The fourth-order valence-electron chi connectivity index (χ4n) is 2.57. The molecule has 0 spiro atoms. The third-order valence-electron chi connectivity index (χ3n) is 4.04. The Labute approximate surface area is 138 Å². The summed E-state index contributed by atoms with van der Waals surface area (Å²) in [4.78, 5) is 13.8. The first-order valence-electron chi connectivity index (χ1n) is 7.88. The van der Waals surface area contributed by atoms with Gasteiger partial charge in [-0.3, -0.25) is 4.79 Å². The summed E-state index contributed by atoms with van der Waals surface area (Å²) in [5.41, 5.74) is 1.12. The molecule has 5 nitrogen and oxygen atoms in total. The number of rotatable bonds is 4. The molecule has 0 unspecified atom stereocenters. The van der Waals surface area contributed by atoms with E-state index in [1.165, 1.54) is 10.4 Å². The number of carbonyl (C=O) groups is 1. The lowest BCUT2D eigenvalue weighted by atomic mass is 10.0. The highest BCUT2D eigenvalue weighted by molar-refractivity contribution is 7.89. The maximum Gasteiger partial charge on any atom is 0.246 e. The summed E-state index contributed by atoms with van der Waals surface area (Å²) >= 11 is 0. The SMILES string of the molecule is C/C=C/C(=O)N1CCN(S(=O)(=O)c2ccc(C(C)C)cc2)CC1. The number of hydrogen-bond donors (Lipinski definition) is 0. The minimum atomic E-state index is -3.49. The van der Waals surface area contributed by atoms with Crippen LogP contribution in [0, 0.1) is 0 Å². The fraction of sp³-hybridized carbons (Fsp3) is 0.471. The molecule has 0 saturated carbocycles. The molecule has 1 aliphatic rings. The Morgan fingerprint density at radius 1 is 1.09 bits per heavy atom. The molecule has 1 aliphatic heterocycles. The van der Waals surface area contributed by atoms with Gasteiger partial charge in [0.2, 0.25) is 15.9 Å². The van der Waals surface area contributed by atoms with Crippen molar-refractivity contribution in [3.63, 3.8) is 0 Å². The fourth-order valence-corrected chi connectivity index (χ4v) is 3.99. The first kappa shape index (κ1) is 17.7. The van der Waals surface area contributed by atoms with Crippen LogP contribution in [-0.4, -0.2) is 49.7 Å². The molecule has 1 saturated heterocycles. The monoisotopic (exact) mass is 336 g/mol. The van der Waals surface area contributed by atoms with Crippen LogP contribution in [0.5, 0.6) is 0 Å². The summed E-state index contributed by atoms with van der Waals surface area (Å²) in [5, 5.41) is 0. The highest BCUT2D eigenvalue weighted by atomic mass is 32.2. The van der Waals surface area contributed by atoms with Crippen molar-refractivity contribution in [2.45, 2.75) is 31.6 Å². The number of piperazine rings is 1. The summed E-state index contributed by atoms with van der Waals surface area (Å²) < 4.78 is 26.8. The summed E-state index contributed by atoms with van der Waals surface area (Å²) in [7, 11) is -3.49. The zero-order valence-electron chi connectivity index (χ0n) is 13.9. The van der Waals surface area contributed by atoms with Gasteiger partial charge in [0.15, 0.2) is 0 Å². The van der Waals surface area contributed by atoms with Crippen molar-refractivity contribution in [1.82, 2.24) is 9.21 Å². The van der Waals surface area contributed by atoms with Crippen molar-refractivity contribution in [3.8, 4) is 0 Å². The van der Waals surface area contributed by atoms with E-state index < -0.39 is 10.0 Å². The van der Waals surface area contributed by atoms with Crippen LogP contribution in [0.15, 0.2) is 41.3 Å². The maximum absolute atomic E-state index is 12.7. The molecular formula is C17H24N2O3S. The van der Waals surface area contributed by atoms with E-state index >= 15 is 0 Å². The lowest BCUT2D eigenvalue weighted by Gasteiger charge is -2.33. The molecule has 0 aliphatic carbocycles. The van der Waals surface area contributed by atoms with Crippen molar-refractivity contribution in [3.05, 3.63) is 42.0 Å². The standard InChI is InChI=1S/C17H24N2O3S/c1-4-5-17(20)18-10-12-19(13-11-18)23(21,22)16-8-6-15(7-9-16)14(2)3/h4-9,14H,10-13H2,1-3H3/b5-4+. The van der Waals surface area contributed by atoms with Gasteiger partial charge in [0.05, 0.1) is 4.90 Å². The second kappa shape index (κ2) is 7.27. The molecule has 0 atom stereocenters. The van der Waals surface area contributed by atoms with E-state index in [-0.39, 0.29) is 5.91 Å². The van der Waals surface area contributed by atoms with Crippen LogP contribution in [0.2, 0.25) is 0 Å². The zero-order chi connectivity index (χ0) is 17.0. The molecule has 6 heteroatoms. The largest absolute Gasteiger partial charge is 0.337 e. The quantitative estimate of drug-likeness (QED) is 0.792. The van der Waals surface area contributed by atoms with Crippen LogP contribution in [0.4, 0.5) is 0 Å². The zero-order valence-corrected chi connectivity index (χ0v) is 14.7. The van der Waals surface area contributed by atoms with E-state index in [1.807, 2.05) is 12.1 Å². The van der Waals surface area contributed by atoms with Gasteiger partial charge >= 0.3 is 0 Å². The second-order valence-electron chi connectivity index (χ2n) is 5.95. The van der Waals surface area contributed by atoms with Crippen LogP contribution < -0.4 is 0 Å². The van der Waals surface area contributed by atoms with Crippen molar-refractivity contribution in [2.75, 3.05) is 26.2 Å². The Kier molecular flexibility index (Phi) is 5.59. The summed E-state index contributed by atoms with van der Waals surface area (Å²) in [6.45, 7) is 7.45. The highest BCUT2D eigenvalue weighted by Crippen LogP contribution is 2.21. The van der Waals surface area contributed by atoms with Gasteiger partial charge in [0.1, 0.15) is 0 Å². The van der Waals surface area contributed by atoms with E-state index in [4.69, 9.17) is 0 Å². The van der Waals surface area contributed by atoms with Crippen LogP contribution in [0.1, 0.15) is 32.3 Å². The summed E-state index contributed by atoms with van der Waals surface area (Å²) in [6.07, 6.45) is 3.20. The predicted octanol–water partition coefficient (Wildman–Crippen LogP) is 2.22. The molecule has 1 aromatic rings. The van der Waals surface area contributed by atoms with Crippen LogP contribution in [0.25, 0.3) is 0 Å². The normalized spacial score (nSPS) is 17.1. The lowest BCUT2D eigenvalue weighted by Crippen LogP contribution is -2.50. The average Bonchev–Trinajstić information content (AvgIpc) is 2.55. The Balaban J connectivity index is 2.08. The summed E-state index contributed by atoms with van der Waals surface area (Å²) in [6, 6.07) is 7.07. The molecule has 1 fully saturated rings. The molecule has 0 N–H and O–H groups in total. The number of hydrogen-bond acceptors (Lipinski definition) is 3. The predicted molar refractivity (Wildman–Crippen MR) is 90.7 cm³/mol. The number of allylic oxidation sites excluding steroid dienone is 1. The molecular weight excluding hydrogens is 312 g/mol. The maximum atomic E-state index is 12.7. The van der Waals surface area contributed by atoms with Crippen molar-refractivity contribution < 1.29 is 13.2 Å². The van der Waals surface area contributed by atoms with Gasteiger partial charge in [-0.1, -0.05) is 32.1 Å². The Bertz CT molecular complexity index is 670. The lowest BCUT2D eigenvalue weighted by molar-refractivity contribution is -0.127. The smallest absolute Gasteiger partial charge is 0.246 e. The van der Waals surface area contributed by atoms with Gasteiger partial charge in [-0.05, 0) is 36.6 Å². The molecule has 1 aromatic carbocycles. The van der Waals surface area contributed by atoms with E-state index in [2.05, 4.69) is 13.8 Å². The third kappa shape index (κ3) is 4.00.